The summed E-state index contributed by atoms with van der Waals surface area (Å²) in [5.74, 6) is -0.683. The molecule has 0 saturated heterocycles. The molecule has 0 saturated carbocycles. The van der Waals surface area contributed by atoms with Crippen LogP contribution in [0.4, 0.5) is 5.69 Å². The van der Waals surface area contributed by atoms with Crippen molar-refractivity contribution in [1.29, 1.82) is 5.26 Å². The summed E-state index contributed by atoms with van der Waals surface area (Å²) < 4.78 is 5.44. The molecule has 0 amide bonds. The van der Waals surface area contributed by atoms with Crippen molar-refractivity contribution < 1.29 is 14.5 Å². The van der Waals surface area contributed by atoms with Crippen LogP contribution in [0.1, 0.15) is 30.7 Å². The fraction of sp³-hybridized carbons (Fsp3) is 0.250. The Kier molecular flexibility index (Phi) is 3.58. The van der Waals surface area contributed by atoms with Crippen molar-refractivity contribution in [3.8, 4) is 6.07 Å². The monoisotopic (exact) mass is 311 g/mol. The van der Waals surface area contributed by atoms with Crippen LogP contribution < -0.4 is 5.73 Å². The van der Waals surface area contributed by atoms with E-state index in [1.165, 1.54) is 12.1 Å². The van der Waals surface area contributed by atoms with E-state index in [2.05, 4.69) is 0 Å². The Morgan fingerprint density at radius 2 is 2.09 bits per heavy atom. The molecule has 23 heavy (non-hydrogen) atoms. The maximum absolute atomic E-state index is 12.4. The fourth-order valence-electron chi connectivity index (χ4n) is 3.07. The topological polar surface area (TPSA) is 119 Å². The SMILES string of the molecule is N#CC1=C(N)OC2=C(C(=O)CCC2)C1c1ccccc1[N+](=O)[O-]. The molecule has 0 fully saturated rings. The van der Waals surface area contributed by atoms with Gasteiger partial charge in [-0.05, 0) is 6.42 Å². The molecular weight excluding hydrogens is 298 g/mol. The number of hydrogen-bond donors (Lipinski definition) is 1. The zero-order valence-electron chi connectivity index (χ0n) is 12.1. The highest BCUT2D eigenvalue weighted by Crippen LogP contribution is 2.45. The van der Waals surface area contributed by atoms with Crippen molar-refractivity contribution in [3.05, 3.63) is 62.7 Å². The molecule has 1 aromatic carbocycles. The van der Waals surface area contributed by atoms with Gasteiger partial charge in [0.15, 0.2) is 5.78 Å². The minimum absolute atomic E-state index is 0.0355. The van der Waals surface area contributed by atoms with E-state index in [0.29, 0.717) is 30.6 Å². The van der Waals surface area contributed by atoms with Gasteiger partial charge in [-0.2, -0.15) is 5.26 Å². The Bertz CT molecular complexity index is 817. The highest BCUT2D eigenvalue weighted by molar-refractivity contribution is 5.99. The van der Waals surface area contributed by atoms with Gasteiger partial charge in [0.05, 0.1) is 10.8 Å². The number of benzene rings is 1. The number of Topliss-reactive ketones (excluding diaryl/α,β-unsaturated/α-hetero) is 1. The summed E-state index contributed by atoms with van der Waals surface area (Å²) in [6, 6.07) is 8.02. The van der Waals surface area contributed by atoms with Gasteiger partial charge >= 0.3 is 0 Å². The summed E-state index contributed by atoms with van der Waals surface area (Å²) >= 11 is 0. The molecule has 2 aliphatic rings. The molecule has 1 aliphatic carbocycles. The number of nitrogens with two attached hydrogens (primary N) is 1. The molecule has 0 radical (unpaired) electrons. The van der Waals surface area contributed by atoms with E-state index < -0.39 is 10.8 Å². The van der Waals surface area contributed by atoms with E-state index in [0.717, 1.165) is 0 Å². The number of carbonyl (C=O) groups excluding carboxylic acids is 1. The van der Waals surface area contributed by atoms with Crippen LogP contribution in [0.15, 0.2) is 47.1 Å². The Hall–Kier alpha value is -3.14. The van der Waals surface area contributed by atoms with Gasteiger partial charge in [-0.15, -0.1) is 0 Å². The lowest BCUT2D eigenvalue weighted by atomic mass is 9.77. The van der Waals surface area contributed by atoms with Crippen molar-refractivity contribution >= 4 is 11.5 Å². The van der Waals surface area contributed by atoms with Gasteiger partial charge in [0.1, 0.15) is 17.4 Å². The number of rotatable bonds is 2. The molecule has 1 heterocycles. The fourth-order valence-corrected chi connectivity index (χ4v) is 3.07. The summed E-state index contributed by atoms with van der Waals surface area (Å²) in [4.78, 5) is 23.2. The summed E-state index contributed by atoms with van der Waals surface area (Å²) in [5.41, 5.74) is 6.30. The first-order valence-electron chi connectivity index (χ1n) is 7.11. The van der Waals surface area contributed by atoms with Crippen molar-refractivity contribution in [2.45, 2.75) is 25.2 Å². The second-order valence-corrected chi connectivity index (χ2v) is 5.35. The molecule has 0 aromatic heterocycles. The Morgan fingerprint density at radius 1 is 1.35 bits per heavy atom. The van der Waals surface area contributed by atoms with Gasteiger partial charge in [0, 0.05) is 30.0 Å². The van der Waals surface area contributed by atoms with E-state index in [-0.39, 0.29) is 28.5 Å². The van der Waals surface area contributed by atoms with Crippen LogP contribution in [0.3, 0.4) is 0 Å². The lowest BCUT2D eigenvalue weighted by Gasteiger charge is -2.30. The number of nitro groups is 1. The van der Waals surface area contributed by atoms with E-state index in [1.807, 2.05) is 6.07 Å². The second kappa shape index (κ2) is 5.57. The van der Waals surface area contributed by atoms with Crippen LogP contribution in [-0.2, 0) is 9.53 Å². The number of allylic oxidation sites excluding steroid dienone is 3. The lowest BCUT2D eigenvalue weighted by Crippen LogP contribution is -2.27. The second-order valence-electron chi connectivity index (χ2n) is 5.35. The first-order chi connectivity index (χ1) is 11.0. The first kappa shape index (κ1) is 14.8. The summed E-state index contributed by atoms with van der Waals surface area (Å²) in [5, 5.41) is 20.8. The third kappa shape index (κ3) is 2.34. The third-order valence-corrected chi connectivity index (χ3v) is 4.05. The highest BCUT2D eigenvalue weighted by atomic mass is 16.6. The smallest absolute Gasteiger partial charge is 0.273 e. The minimum Gasteiger partial charge on any atom is -0.444 e. The van der Waals surface area contributed by atoms with Gasteiger partial charge in [-0.1, -0.05) is 18.2 Å². The quantitative estimate of drug-likeness (QED) is 0.661. The highest BCUT2D eigenvalue weighted by Gasteiger charge is 2.40. The van der Waals surface area contributed by atoms with E-state index in [4.69, 9.17) is 10.5 Å². The number of carbonyl (C=O) groups is 1. The summed E-state index contributed by atoms with van der Waals surface area (Å²) in [6.45, 7) is 0. The Morgan fingerprint density at radius 3 is 2.78 bits per heavy atom. The zero-order chi connectivity index (χ0) is 16.6. The van der Waals surface area contributed by atoms with Crippen LogP contribution in [-0.4, -0.2) is 10.7 Å². The van der Waals surface area contributed by atoms with Crippen LogP contribution in [0.2, 0.25) is 0 Å². The summed E-state index contributed by atoms with van der Waals surface area (Å²) in [7, 11) is 0. The van der Waals surface area contributed by atoms with Crippen molar-refractivity contribution in [2.75, 3.05) is 0 Å². The molecule has 116 valence electrons. The first-order valence-corrected chi connectivity index (χ1v) is 7.11. The van der Waals surface area contributed by atoms with E-state index in [9.17, 15) is 20.2 Å². The number of ketones is 1. The molecule has 1 aromatic rings. The predicted molar refractivity (Wildman–Crippen MR) is 79.6 cm³/mol. The standard InChI is InChI=1S/C16H13N3O4/c17-8-10-14(9-4-1-2-5-11(9)19(21)22)15-12(20)6-3-7-13(15)23-16(10)18/h1-2,4-5,14H,3,6-7,18H2. The molecule has 1 unspecified atom stereocenters. The largest absolute Gasteiger partial charge is 0.444 e. The number of nitro benzene ring substituents is 1. The maximum Gasteiger partial charge on any atom is 0.273 e. The molecule has 7 nitrogen and oxygen atoms in total. The zero-order valence-corrected chi connectivity index (χ0v) is 12.1. The van der Waals surface area contributed by atoms with Crippen molar-refractivity contribution in [2.24, 2.45) is 5.73 Å². The van der Waals surface area contributed by atoms with Crippen LogP contribution >= 0.6 is 0 Å². The van der Waals surface area contributed by atoms with E-state index >= 15 is 0 Å². The molecule has 3 rings (SSSR count). The van der Waals surface area contributed by atoms with Gasteiger partial charge in [0.25, 0.3) is 5.69 Å². The van der Waals surface area contributed by atoms with Crippen LogP contribution in [0.5, 0.6) is 0 Å². The molecule has 0 bridgehead atoms. The third-order valence-electron chi connectivity index (χ3n) is 4.05. The number of ether oxygens (including phenoxy) is 1. The van der Waals surface area contributed by atoms with Crippen LogP contribution in [0, 0.1) is 21.4 Å². The molecule has 1 aliphatic heterocycles. The number of hydrogen-bond acceptors (Lipinski definition) is 6. The normalized spacial score (nSPS) is 20.7. The van der Waals surface area contributed by atoms with Gasteiger partial charge in [-0.3, -0.25) is 14.9 Å². The van der Waals surface area contributed by atoms with Crippen molar-refractivity contribution in [1.82, 2.24) is 0 Å². The lowest BCUT2D eigenvalue weighted by molar-refractivity contribution is -0.385. The predicted octanol–water partition coefficient (Wildman–Crippen LogP) is 2.41. The minimum atomic E-state index is -0.849. The maximum atomic E-state index is 12.4. The number of nitriles is 1. The van der Waals surface area contributed by atoms with Gasteiger partial charge in [0.2, 0.25) is 5.88 Å². The number of nitrogens with zero attached hydrogens (tertiary/aromatic N) is 2. The van der Waals surface area contributed by atoms with Crippen molar-refractivity contribution in [3.63, 3.8) is 0 Å². The summed E-state index contributed by atoms with van der Waals surface area (Å²) in [6.07, 6.45) is 1.49. The van der Waals surface area contributed by atoms with E-state index in [1.54, 1.807) is 12.1 Å². The van der Waals surface area contributed by atoms with Gasteiger partial charge in [-0.25, -0.2) is 0 Å². The Labute approximate surface area is 131 Å². The molecule has 7 heteroatoms. The molecule has 2 N–H and O–H groups in total. The van der Waals surface area contributed by atoms with Gasteiger partial charge < -0.3 is 10.5 Å². The van der Waals surface area contributed by atoms with Crippen LogP contribution in [0.25, 0.3) is 0 Å². The Balaban J connectivity index is 2.26. The number of para-hydroxylation sites is 1. The molecule has 0 spiro atoms. The molecular formula is C16H13N3O4. The average Bonchev–Trinajstić information content (AvgIpc) is 2.53. The molecule has 1 atom stereocenters. The average molecular weight is 311 g/mol.